The summed E-state index contributed by atoms with van der Waals surface area (Å²) in [5.74, 6) is -2.25. The molecule has 8 heteroatoms. The van der Waals surface area contributed by atoms with Crippen molar-refractivity contribution >= 4 is 29.7 Å². The molecule has 0 radical (unpaired) electrons. The summed E-state index contributed by atoms with van der Waals surface area (Å²) in [5, 5.41) is 4.54. The fourth-order valence-electron chi connectivity index (χ4n) is 3.19. The molecule has 4 N–H and O–H groups in total. The summed E-state index contributed by atoms with van der Waals surface area (Å²) in [6, 6.07) is 6.28. The van der Waals surface area contributed by atoms with E-state index in [9.17, 15) is 14.4 Å². The molecule has 2 saturated heterocycles. The minimum absolute atomic E-state index is 0.443. The van der Waals surface area contributed by atoms with Crippen LogP contribution >= 0.6 is 0 Å². The van der Waals surface area contributed by atoms with Crippen molar-refractivity contribution in [2.45, 2.75) is 6.92 Å². The van der Waals surface area contributed by atoms with Crippen molar-refractivity contribution in [3.8, 4) is 0 Å². The lowest BCUT2D eigenvalue weighted by molar-refractivity contribution is -0.945. The van der Waals surface area contributed by atoms with Crippen molar-refractivity contribution in [2.75, 3.05) is 44.2 Å². The summed E-state index contributed by atoms with van der Waals surface area (Å²) in [6.45, 7) is 7.82. The van der Waals surface area contributed by atoms with Crippen LogP contribution in [0, 0.1) is 12.8 Å². The molecule has 0 saturated carbocycles. The molecular weight excluding hydrogens is 334 g/mol. The Labute approximate surface area is 152 Å². The number of carbonyl (C=O) groups is 3. The van der Waals surface area contributed by atoms with E-state index in [1.54, 1.807) is 12.1 Å². The van der Waals surface area contributed by atoms with Crippen LogP contribution in [0.25, 0.3) is 0 Å². The Morgan fingerprint density at radius 2 is 1.92 bits per heavy atom. The van der Waals surface area contributed by atoms with E-state index in [4.69, 9.17) is 0 Å². The molecule has 138 valence electrons. The maximum Gasteiger partial charge on any atom is 0.335 e. The molecule has 1 aromatic carbocycles. The average Bonchev–Trinajstić information content (AvgIpc) is 2.63. The van der Waals surface area contributed by atoms with E-state index in [2.05, 4.69) is 15.6 Å². The zero-order valence-electron chi connectivity index (χ0n) is 14.9. The van der Waals surface area contributed by atoms with Crippen LogP contribution in [0.4, 0.5) is 10.5 Å². The van der Waals surface area contributed by atoms with Crippen LogP contribution in [0.5, 0.6) is 0 Å². The molecule has 0 unspecified atom stereocenters. The van der Waals surface area contributed by atoms with Gasteiger partial charge in [0.25, 0.3) is 5.91 Å². The summed E-state index contributed by atoms with van der Waals surface area (Å²) in [5.41, 5.74) is 1.46. The van der Waals surface area contributed by atoms with Gasteiger partial charge in [-0.3, -0.25) is 19.9 Å². The number of benzene rings is 1. The first-order valence-corrected chi connectivity index (χ1v) is 8.97. The quantitative estimate of drug-likeness (QED) is 0.408. The number of nitrogens with two attached hydrogens (primary N) is 1. The van der Waals surface area contributed by atoms with Crippen LogP contribution in [-0.4, -0.2) is 63.3 Å². The summed E-state index contributed by atoms with van der Waals surface area (Å²) in [4.78, 5) is 43.6. The second-order valence-corrected chi connectivity index (χ2v) is 6.70. The van der Waals surface area contributed by atoms with Crippen LogP contribution in [0.2, 0.25) is 0 Å². The fourth-order valence-corrected chi connectivity index (χ4v) is 3.19. The van der Waals surface area contributed by atoms with Crippen LogP contribution in [0.3, 0.4) is 0 Å². The molecule has 2 fully saturated rings. The number of quaternary nitrogens is 2. The molecule has 0 aliphatic carbocycles. The van der Waals surface area contributed by atoms with Crippen molar-refractivity contribution in [1.82, 2.24) is 5.32 Å². The van der Waals surface area contributed by atoms with Crippen LogP contribution < -0.4 is 20.4 Å². The van der Waals surface area contributed by atoms with E-state index in [1.807, 2.05) is 19.1 Å². The molecular formula is C18H25N5O3+2. The topological polar surface area (TPSA) is 99.9 Å². The molecule has 1 atom stereocenters. The van der Waals surface area contributed by atoms with E-state index >= 15 is 0 Å². The number of imide groups is 2. The Morgan fingerprint density at radius 1 is 1.23 bits per heavy atom. The Morgan fingerprint density at radius 3 is 2.62 bits per heavy atom. The Kier molecular flexibility index (Phi) is 5.75. The van der Waals surface area contributed by atoms with Gasteiger partial charge in [-0.25, -0.2) is 9.69 Å². The molecule has 0 bridgehead atoms. The third-order valence-corrected chi connectivity index (χ3v) is 4.75. The number of urea groups is 1. The highest BCUT2D eigenvalue weighted by molar-refractivity contribution is 6.32. The standard InChI is InChI=1S/C18H23N5O3/c1-13-2-4-14(5-3-13)23-17(25)15(16(24)21-18(23)26)12-20-8-11-22-9-6-19-7-10-22/h2-5,12,15,19H,6-11H2,1H3,(H,21,24,26)/p+2/t15-/m0/s1. The van der Waals surface area contributed by atoms with Gasteiger partial charge < -0.3 is 10.2 Å². The summed E-state index contributed by atoms with van der Waals surface area (Å²) in [6.07, 6.45) is 1.38. The minimum atomic E-state index is -1.07. The number of rotatable bonds is 5. The van der Waals surface area contributed by atoms with Gasteiger partial charge in [-0.1, -0.05) is 17.7 Å². The zero-order valence-corrected chi connectivity index (χ0v) is 14.9. The Balaban J connectivity index is 1.65. The predicted octanol–water partition coefficient (Wildman–Crippen LogP) is -2.27. The third kappa shape index (κ3) is 4.14. The first-order valence-electron chi connectivity index (χ1n) is 8.97. The van der Waals surface area contributed by atoms with Crippen LogP contribution in [0.1, 0.15) is 5.56 Å². The largest absolute Gasteiger partial charge is 0.337 e. The van der Waals surface area contributed by atoms with Crippen LogP contribution in [0.15, 0.2) is 29.3 Å². The SMILES string of the molecule is Cc1ccc(N2C(=O)NC(=O)[C@H](C=NCC[NH+]3CC[NH2+]CC3)C2=O)cc1. The number of hydrogen-bond donors (Lipinski definition) is 3. The zero-order chi connectivity index (χ0) is 18.5. The van der Waals surface area contributed by atoms with Gasteiger partial charge in [-0.15, -0.1) is 0 Å². The first-order chi connectivity index (χ1) is 12.6. The summed E-state index contributed by atoms with van der Waals surface area (Å²) < 4.78 is 0. The molecule has 2 heterocycles. The molecule has 0 aromatic heterocycles. The molecule has 2 aliphatic rings. The van der Waals surface area contributed by atoms with Gasteiger partial charge in [0.15, 0.2) is 5.92 Å². The predicted molar refractivity (Wildman–Crippen MR) is 96.3 cm³/mol. The summed E-state index contributed by atoms with van der Waals surface area (Å²) in [7, 11) is 0. The van der Waals surface area contributed by atoms with E-state index in [0.29, 0.717) is 12.2 Å². The van der Waals surface area contributed by atoms with Gasteiger partial charge in [0.2, 0.25) is 5.91 Å². The lowest BCUT2D eigenvalue weighted by atomic mass is 10.1. The lowest BCUT2D eigenvalue weighted by Gasteiger charge is -2.28. The Hall–Kier alpha value is -2.58. The number of carbonyl (C=O) groups excluding carboxylic acids is 3. The monoisotopic (exact) mass is 359 g/mol. The lowest BCUT2D eigenvalue weighted by Crippen LogP contribution is -3.20. The van der Waals surface area contributed by atoms with Gasteiger partial charge in [-0.05, 0) is 19.1 Å². The molecule has 2 aliphatic heterocycles. The van der Waals surface area contributed by atoms with Gasteiger partial charge in [0.1, 0.15) is 26.2 Å². The number of nitrogens with one attached hydrogen (secondary N) is 2. The highest BCUT2D eigenvalue weighted by atomic mass is 16.2. The van der Waals surface area contributed by atoms with Crippen molar-refractivity contribution in [3.05, 3.63) is 29.8 Å². The first kappa shape index (κ1) is 18.2. The number of hydrogen-bond acceptors (Lipinski definition) is 4. The van der Waals surface area contributed by atoms with Crippen molar-refractivity contribution in [1.29, 1.82) is 0 Å². The average molecular weight is 359 g/mol. The molecule has 3 rings (SSSR count). The maximum atomic E-state index is 12.7. The van der Waals surface area contributed by atoms with Gasteiger partial charge in [0.05, 0.1) is 18.8 Å². The maximum absolute atomic E-state index is 12.7. The number of aryl methyl sites for hydroxylation is 1. The smallest absolute Gasteiger partial charge is 0.335 e. The van der Waals surface area contributed by atoms with Gasteiger partial charge in [0, 0.05) is 6.21 Å². The Bertz CT molecular complexity index is 710. The normalized spacial score (nSPS) is 22.1. The minimum Gasteiger partial charge on any atom is -0.337 e. The molecule has 26 heavy (non-hydrogen) atoms. The van der Waals surface area contributed by atoms with Crippen molar-refractivity contribution in [3.63, 3.8) is 0 Å². The third-order valence-electron chi connectivity index (χ3n) is 4.75. The van der Waals surface area contributed by atoms with Crippen molar-refractivity contribution in [2.24, 2.45) is 10.9 Å². The number of anilines is 1. The number of nitrogens with zero attached hydrogens (tertiary/aromatic N) is 2. The molecule has 8 nitrogen and oxygen atoms in total. The van der Waals surface area contributed by atoms with E-state index in [1.165, 1.54) is 11.1 Å². The highest BCUT2D eigenvalue weighted by Crippen LogP contribution is 2.20. The van der Waals surface area contributed by atoms with E-state index in [0.717, 1.165) is 43.2 Å². The van der Waals surface area contributed by atoms with Crippen molar-refractivity contribution < 1.29 is 24.6 Å². The molecule has 1 aromatic rings. The summed E-state index contributed by atoms with van der Waals surface area (Å²) >= 11 is 0. The number of aliphatic imine (C=N–C) groups is 1. The van der Waals surface area contributed by atoms with E-state index < -0.39 is 23.8 Å². The van der Waals surface area contributed by atoms with Gasteiger partial charge in [-0.2, -0.15) is 0 Å². The fraction of sp³-hybridized carbons (Fsp3) is 0.444. The molecule has 0 spiro atoms. The number of amides is 4. The molecule has 4 amide bonds. The second kappa shape index (κ2) is 8.20. The number of barbiturate groups is 1. The van der Waals surface area contributed by atoms with E-state index in [-0.39, 0.29) is 0 Å². The van der Waals surface area contributed by atoms with Crippen LogP contribution in [-0.2, 0) is 9.59 Å². The van der Waals surface area contributed by atoms with Gasteiger partial charge >= 0.3 is 6.03 Å². The highest BCUT2D eigenvalue weighted by Gasteiger charge is 2.40. The number of piperazine rings is 1. The second-order valence-electron chi connectivity index (χ2n) is 6.70.